The van der Waals surface area contributed by atoms with E-state index in [1.165, 1.54) is 6.42 Å². The SMILES string of the molecule is Cc1cc2[nH]ncc2cc1OC1CCCNC1. The fraction of sp³-hybridized carbons (Fsp3) is 0.462. The number of aromatic amines is 1. The molecule has 17 heavy (non-hydrogen) atoms. The predicted octanol–water partition coefficient (Wildman–Crippen LogP) is 2.00. The van der Waals surface area contributed by atoms with E-state index in [0.29, 0.717) is 6.10 Å². The maximum absolute atomic E-state index is 6.06. The molecule has 1 aromatic carbocycles. The summed E-state index contributed by atoms with van der Waals surface area (Å²) in [5.74, 6) is 0.979. The molecule has 0 bridgehead atoms. The number of aromatic nitrogens is 2. The molecule has 2 aromatic rings. The van der Waals surface area contributed by atoms with Crippen molar-refractivity contribution in [2.45, 2.75) is 25.9 Å². The van der Waals surface area contributed by atoms with Gasteiger partial charge in [-0.3, -0.25) is 5.10 Å². The minimum Gasteiger partial charge on any atom is -0.489 e. The molecular formula is C13H17N3O. The lowest BCUT2D eigenvalue weighted by Gasteiger charge is -2.24. The van der Waals surface area contributed by atoms with E-state index >= 15 is 0 Å². The number of hydrogen-bond donors (Lipinski definition) is 2. The van der Waals surface area contributed by atoms with Crippen LogP contribution in [0.2, 0.25) is 0 Å². The maximum Gasteiger partial charge on any atom is 0.123 e. The quantitative estimate of drug-likeness (QED) is 0.831. The molecule has 0 aliphatic carbocycles. The predicted molar refractivity (Wildman–Crippen MR) is 67.4 cm³/mol. The number of H-pyrrole nitrogens is 1. The van der Waals surface area contributed by atoms with Crippen molar-refractivity contribution in [2.24, 2.45) is 0 Å². The Morgan fingerprint density at radius 2 is 2.35 bits per heavy atom. The van der Waals surface area contributed by atoms with E-state index in [1.807, 2.05) is 6.20 Å². The number of rotatable bonds is 2. The molecule has 0 spiro atoms. The smallest absolute Gasteiger partial charge is 0.123 e. The van der Waals surface area contributed by atoms with Crippen molar-refractivity contribution in [1.29, 1.82) is 0 Å². The van der Waals surface area contributed by atoms with E-state index in [0.717, 1.165) is 41.7 Å². The summed E-state index contributed by atoms with van der Waals surface area (Å²) in [6.45, 7) is 4.13. The third kappa shape index (κ3) is 2.13. The van der Waals surface area contributed by atoms with Gasteiger partial charge in [-0.25, -0.2) is 0 Å². The Morgan fingerprint density at radius 3 is 3.18 bits per heavy atom. The Kier molecular flexibility index (Phi) is 2.73. The van der Waals surface area contributed by atoms with Crippen LogP contribution < -0.4 is 10.1 Å². The van der Waals surface area contributed by atoms with Crippen LogP contribution in [0.15, 0.2) is 18.3 Å². The Balaban J connectivity index is 1.85. The van der Waals surface area contributed by atoms with Crippen LogP contribution >= 0.6 is 0 Å². The lowest BCUT2D eigenvalue weighted by atomic mass is 10.1. The molecule has 2 heterocycles. The van der Waals surface area contributed by atoms with Crippen LogP contribution in [0.25, 0.3) is 10.9 Å². The number of fused-ring (bicyclic) bond motifs is 1. The molecule has 1 atom stereocenters. The van der Waals surface area contributed by atoms with Crippen molar-refractivity contribution >= 4 is 10.9 Å². The zero-order valence-corrected chi connectivity index (χ0v) is 9.99. The van der Waals surface area contributed by atoms with Crippen molar-refractivity contribution in [3.8, 4) is 5.75 Å². The molecule has 0 amide bonds. The molecule has 4 nitrogen and oxygen atoms in total. The van der Waals surface area contributed by atoms with Gasteiger partial charge in [-0.1, -0.05) is 0 Å². The Bertz CT molecular complexity index is 514. The second-order valence-electron chi connectivity index (χ2n) is 4.66. The monoisotopic (exact) mass is 231 g/mol. The molecule has 1 aromatic heterocycles. The van der Waals surface area contributed by atoms with Crippen LogP contribution in [-0.2, 0) is 0 Å². The fourth-order valence-corrected chi connectivity index (χ4v) is 2.31. The highest BCUT2D eigenvalue weighted by Crippen LogP contribution is 2.25. The molecule has 90 valence electrons. The molecule has 3 rings (SSSR count). The second kappa shape index (κ2) is 4.37. The van der Waals surface area contributed by atoms with Crippen molar-refractivity contribution in [3.05, 3.63) is 23.9 Å². The first-order chi connectivity index (χ1) is 8.33. The van der Waals surface area contributed by atoms with Crippen LogP contribution in [0.5, 0.6) is 5.75 Å². The summed E-state index contributed by atoms with van der Waals surface area (Å²) in [6.07, 6.45) is 4.46. The number of nitrogens with zero attached hydrogens (tertiary/aromatic N) is 1. The summed E-state index contributed by atoms with van der Waals surface area (Å²) in [4.78, 5) is 0. The van der Waals surface area contributed by atoms with E-state index in [2.05, 4.69) is 34.6 Å². The number of piperidine rings is 1. The Hall–Kier alpha value is -1.55. The van der Waals surface area contributed by atoms with Crippen LogP contribution in [0.1, 0.15) is 18.4 Å². The number of ether oxygens (including phenoxy) is 1. The summed E-state index contributed by atoms with van der Waals surface area (Å²) in [5.41, 5.74) is 2.23. The molecule has 1 aliphatic rings. The van der Waals surface area contributed by atoms with Gasteiger partial charge in [-0.05, 0) is 44.0 Å². The minimum absolute atomic E-state index is 0.298. The van der Waals surface area contributed by atoms with E-state index in [9.17, 15) is 0 Å². The van der Waals surface area contributed by atoms with E-state index < -0.39 is 0 Å². The van der Waals surface area contributed by atoms with Gasteiger partial charge < -0.3 is 10.1 Å². The van der Waals surface area contributed by atoms with Gasteiger partial charge in [0.2, 0.25) is 0 Å². The molecule has 2 N–H and O–H groups in total. The van der Waals surface area contributed by atoms with Gasteiger partial charge in [-0.15, -0.1) is 0 Å². The van der Waals surface area contributed by atoms with Crippen molar-refractivity contribution < 1.29 is 4.74 Å². The van der Waals surface area contributed by atoms with E-state index in [4.69, 9.17) is 4.74 Å². The molecule has 0 radical (unpaired) electrons. The number of benzene rings is 1. The van der Waals surface area contributed by atoms with Gasteiger partial charge in [0.25, 0.3) is 0 Å². The van der Waals surface area contributed by atoms with Gasteiger partial charge in [0.05, 0.1) is 11.7 Å². The molecule has 4 heteroatoms. The number of aryl methyl sites for hydroxylation is 1. The van der Waals surface area contributed by atoms with Gasteiger partial charge in [-0.2, -0.15) is 5.10 Å². The highest BCUT2D eigenvalue weighted by molar-refractivity contribution is 5.80. The largest absolute Gasteiger partial charge is 0.489 e. The Labute approximate surface area is 100 Å². The summed E-state index contributed by atoms with van der Waals surface area (Å²) in [5, 5.41) is 11.5. The lowest BCUT2D eigenvalue weighted by Crippen LogP contribution is -2.37. The van der Waals surface area contributed by atoms with Crippen molar-refractivity contribution in [3.63, 3.8) is 0 Å². The standard InChI is InChI=1S/C13H17N3O/c1-9-5-12-10(7-15-16-12)6-13(9)17-11-3-2-4-14-8-11/h5-7,11,14H,2-4,8H2,1H3,(H,15,16). The zero-order valence-electron chi connectivity index (χ0n) is 9.99. The zero-order chi connectivity index (χ0) is 11.7. The number of nitrogens with one attached hydrogen (secondary N) is 2. The molecule has 1 fully saturated rings. The summed E-state index contributed by atoms with van der Waals surface area (Å²) in [6, 6.07) is 4.16. The second-order valence-corrected chi connectivity index (χ2v) is 4.66. The normalized spacial score (nSPS) is 20.6. The first kappa shape index (κ1) is 10.6. The van der Waals surface area contributed by atoms with Crippen molar-refractivity contribution in [1.82, 2.24) is 15.5 Å². The fourth-order valence-electron chi connectivity index (χ4n) is 2.31. The maximum atomic E-state index is 6.06. The summed E-state index contributed by atoms with van der Waals surface area (Å²) < 4.78 is 6.06. The highest BCUT2D eigenvalue weighted by Gasteiger charge is 2.15. The van der Waals surface area contributed by atoms with Crippen LogP contribution in [0.3, 0.4) is 0 Å². The highest BCUT2D eigenvalue weighted by atomic mass is 16.5. The topological polar surface area (TPSA) is 49.9 Å². The van der Waals surface area contributed by atoms with Crippen LogP contribution in [0.4, 0.5) is 0 Å². The third-order valence-corrected chi connectivity index (χ3v) is 3.28. The van der Waals surface area contributed by atoms with Gasteiger partial charge in [0.1, 0.15) is 11.9 Å². The first-order valence-electron chi connectivity index (χ1n) is 6.14. The third-order valence-electron chi connectivity index (χ3n) is 3.28. The van der Waals surface area contributed by atoms with Crippen molar-refractivity contribution in [2.75, 3.05) is 13.1 Å². The molecule has 1 saturated heterocycles. The molecular weight excluding hydrogens is 214 g/mol. The van der Waals surface area contributed by atoms with Crippen LogP contribution in [-0.4, -0.2) is 29.4 Å². The number of hydrogen-bond acceptors (Lipinski definition) is 3. The van der Waals surface area contributed by atoms with Gasteiger partial charge in [0.15, 0.2) is 0 Å². The molecule has 0 saturated carbocycles. The average Bonchev–Trinajstić information content (AvgIpc) is 2.78. The first-order valence-corrected chi connectivity index (χ1v) is 6.14. The minimum atomic E-state index is 0.298. The van der Waals surface area contributed by atoms with E-state index in [-0.39, 0.29) is 0 Å². The average molecular weight is 231 g/mol. The van der Waals surface area contributed by atoms with E-state index in [1.54, 1.807) is 0 Å². The van der Waals surface area contributed by atoms with Gasteiger partial charge >= 0.3 is 0 Å². The molecule has 1 aliphatic heterocycles. The summed E-state index contributed by atoms with van der Waals surface area (Å²) in [7, 11) is 0. The molecule has 1 unspecified atom stereocenters. The lowest BCUT2D eigenvalue weighted by molar-refractivity contribution is 0.166. The van der Waals surface area contributed by atoms with Gasteiger partial charge in [0, 0.05) is 11.9 Å². The summed E-state index contributed by atoms with van der Waals surface area (Å²) >= 11 is 0. The van der Waals surface area contributed by atoms with Crippen LogP contribution in [0, 0.1) is 6.92 Å². The Morgan fingerprint density at radius 1 is 1.41 bits per heavy atom.